The van der Waals surface area contributed by atoms with Crippen LogP contribution in [-0.2, 0) is 14.3 Å². The van der Waals surface area contributed by atoms with Crippen LogP contribution in [0, 0.1) is 5.92 Å². The van der Waals surface area contributed by atoms with Gasteiger partial charge in [-0.2, -0.15) is 0 Å². The van der Waals surface area contributed by atoms with Crippen LogP contribution in [0.4, 0.5) is 0 Å². The molecule has 0 spiro atoms. The van der Waals surface area contributed by atoms with E-state index in [9.17, 15) is 4.79 Å². The molecule has 3 saturated heterocycles. The second kappa shape index (κ2) is 12.9. The highest BCUT2D eigenvalue weighted by Crippen LogP contribution is 2.17. The van der Waals surface area contributed by atoms with Crippen molar-refractivity contribution in [1.82, 2.24) is 20.0 Å². The zero-order valence-electron chi connectivity index (χ0n) is 18.0. The molecule has 0 saturated carbocycles. The minimum absolute atomic E-state index is 0. The Morgan fingerprint density at radius 1 is 1.10 bits per heavy atom. The molecule has 3 rings (SSSR count). The zero-order valence-corrected chi connectivity index (χ0v) is 20.3. The third-order valence-corrected chi connectivity index (χ3v) is 6.18. The van der Waals surface area contributed by atoms with Gasteiger partial charge in [-0.15, -0.1) is 24.0 Å². The number of methoxy groups -OCH3 is 1. The average molecular weight is 523 g/mol. The summed E-state index contributed by atoms with van der Waals surface area (Å²) in [7, 11) is 3.61. The van der Waals surface area contributed by atoms with Crippen molar-refractivity contribution in [3.05, 3.63) is 0 Å². The monoisotopic (exact) mass is 523 g/mol. The Morgan fingerprint density at radius 2 is 1.79 bits per heavy atom. The summed E-state index contributed by atoms with van der Waals surface area (Å²) in [5, 5.41) is 3.57. The molecule has 1 unspecified atom stereocenters. The van der Waals surface area contributed by atoms with E-state index in [1.165, 1.54) is 12.8 Å². The van der Waals surface area contributed by atoms with E-state index < -0.39 is 0 Å². The predicted octanol–water partition coefficient (Wildman–Crippen LogP) is 0.861. The highest BCUT2D eigenvalue weighted by Gasteiger charge is 2.31. The van der Waals surface area contributed by atoms with E-state index in [1.54, 1.807) is 7.11 Å². The van der Waals surface area contributed by atoms with Crippen LogP contribution < -0.4 is 5.32 Å². The van der Waals surface area contributed by atoms with Gasteiger partial charge in [0.25, 0.3) is 5.91 Å². The molecule has 0 aromatic rings. The molecule has 168 valence electrons. The molecular weight excluding hydrogens is 485 g/mol. The number of piperidine rings is 1. The smallest absolute Gasteiger partial charge is 0.251 e. The molecule has 1 amide bonds. The van der Waals surface area contributed by atoms with Crippen molar-refractivity contribution in [3.8, 4) is 0 Å². The molecule has 0 aliphatic carbocycles. The summed E-state index contributed by atoms with van der Waals surface area (Å²) in [5.74, 6) is 1.82. The number of rotatable bonds is 6. The number of nitrogens with one attached hydrogen (secondary N) is 1. The fourth-order valence-electron chi connectivity index (χ4n) is 4.32. The quantitative estimate of drug-likeness (QED) is 0.317. The van der Waals surface area contributed by atoms with E-state index in [0.29, 0.717) is 5.92 Å². The first kappa shape index (κ1) is 24.6. The Balaban J connectivity index is 0.00000300. The van der Waals surface area contributed by atoms with Crippen LogP contribution >= 0.6 is 24.0 Å². The number of hydrogen-bond donors (Lipinski definition) is 1. The molecule has 3 heterocycles. The second-order valence-corrected chi connectivity index (χ2v) is 8.02. The van der Waals surface area contributed by atoms with Crippen LogP contribution in [0.5, 0.6) is 0 Å². The van der Waals surface area contributed by atoms with E-state index in [4.69, 9.17) is 9.47 Å². The van der Waals surface area contributed by atoms with Crippen molar-refractivity contribution in [2.75, 3.05) is 79.7 Å². The first-order valence-corrected chi connectivity index (χ1v) is 10.8. The summed E-state index contributed by atoms with van der Waals surface area (Å²) in [5.41, 5.74) is 0. The van der Waals surface area contributed by atoms with Crippen molar-refractivity contribution >= 4 is 35.8 Å². The number of likely N-dealkylation sites (tertiary alicyclic amines) is 1. The normalized spacial score (nSPS) is 24.5. The van der Waals surface area contributed by atoms with Gasteiger partial charge in [0.05, 0.1) is 6.61 Å². The number of halogens is 1. The largest absolute Gasteiger partial charge is 0.383 e. The molecule has 3 aliphatic heterocycles. The van der Waals surface area contributed by atoms with Gasteiger partial charge in [0.2, 0.25) is 0 Å². The lowest BCUT2D eigenvalue weighted by Crippen LogP contribution is -2.55. The average Bonchev–Trinajstić information content (AvgIpc) is 3.28. The molecule has 8 nitrogen and oxygen atoms in total. The van der Waals surface area contributed by atoms with E-state index in [2.05, 4.69) is 20.1 Å². The van der Waals surface area contributed by atoms with Crippen molar-refractivity contribution in [3.63, 3.8) is 0 Å². The van der Waals surface area contributed by atoms with Crippen molar-refractivity contribution in [1.29, 1.82) is 0 Å². The number of carbonyl (C=O) groups is 1. The summed E-state index contributed by atoms with van der Waals surface area (Å²) in [6.45, 7) is 8.99. The van der Waals surface area contributed by atoms with Gasteiger partial charge < -0.3 is 29.5 Å². The van der Waals surface area contributed by atoms with Gasteiger partial charge >= 0.3 is 0 Å². The van der Waals surface area contributed by atoms with E-state index in [1.807, 2.05) is 11.9 Å². The molecule has 0 aromatic heterocycles. The summed E-state index contributed by atoms with van der Waals surface area (Å²) >= 11 is 0. The van der Waals surface area contributed by atoms with Crippen LogP contribution in [0.3, 0.4) is 0 Å². The maximum atomic E-state index is 12.5. The summed E-state index contributed by atoms with van der Waals surface area (Å²) in [4.78, 5) is 23.7. The summed E-state index contributed by atoms with van der Waals surface area (Å²) < 4.78 is 10.7. The standard InChI is InChI=1S/C20H37N5O3.HI/c1-21-20(22-16-17-5-7-23(8-6-17)13-15-27-2)25-11-9-24(10-12-25)19(26)18-4-3-14-28-18;/h17-18H,3-16H2,1-2H3,(H,21,22);1H. The zero-order chi connectivity index (χ0) is 19.8. The Morgan fingerprint density at radius 3 is 2.38 bits per heavy atom. The molecule has 1 atom stereocenters. The van der Waals surface area contributed by atoms with Crippen LogP contribution in [0.25, 0.3) is 0 Å². The van der Waals surface area contributed by atoms with Gasteiger partial charge in [-0.3, -0.25) is 9.79 Å². The Hall–Kier alpha value is -0.650. The maximum Gasteiger partial charge on any atom is 0.251 e. The van der Waals surface area contributed by atoms with E-state index in [-0.39, 0.29) is 36.0 Å². The molecule has 0 radical (unpaired) electrons. The van der Waals surface area contributed by atoms with E-state index >= 15 is 0 Å². The molecule has 29 heavy (non-hydrogen) atoms. The fraction of sp³-hybridized carbons (Fsp3) is 0.900. The number of guanidine groups is 1. The van der Waals surface area contributed by atoms with Crippen LogP contribution in [0.2, 0.25) is 0 Å². The second-order valence-electron chi connectivity index (χ2n) is 8.02. The Bertz CT molecular complexity index is 514. The fourth-order valence-corrected chi connectivity index (χ4v) is 4.32. The lowest BCUT2D eigenvalue weighted by molar-refractivity contribution is -0.142. The predicted molar refractivity (Wildman–Crippen MR) is 125 cm³/mol. The van der Waals surface area contributed by atoms with Gasteiger partial charge in [-0.25, -0.2) is 0 Å². The first-order chi connectivity index (χ1) is 13.7. The van der Waals surface area contributed by atoms with Crippen LogP contribution in [-0.4, -0.2) is 112 Å². The first-order valence-electron chi connectivity index (χ1n) is 10.8. The highest BCUT2D eigenvalue weighted by molar-refractivity contribution is 14.0. The number of nitrogens with zero attached hydrogens (tertiary/aromatic N) is 4. The minimum Gasteiger partial charge on any atom is -0.383 e. The third kappa shape index (κ3) is 7.22. The summed E-state index contributed by atoms with van der Waals surface area (Å²) in [6, 6.07) is 0. The van der Waals surface area contributed by atoms with Crippen molar-refractivity contribution < 1.29 is 14.3 Å². The number of ether oxygens (including phenoxy) is 2. The number of aliphatic imine (C=N–C) groups is 1. The molecule has 0 bridgehead atoms. The topological polar surface area (TPSA) is 69.6 Å². The minimum atomic E-state index is -0.209. The lowest BCUT2D eigenvalue weighted by Gasteiger charge is -2.38. The molecule has 9 heteroatoms. The Labute approximate surface area is 192 Å². The van der Waals surface area contributed by atoms with E-state index in [0.717, 1.165) is 84.4 Å². The third-order valence-electron chi connectivity index (χ3n) is 6.18. The molecule has 3 aliphatic rings. The van der Waals surface area contributed by atoms with Crippen LogP contribution in [0.1, 0.15) is 25.7 Å². The van der Waals surface area contributed by atoms with Gasteiger partial charge in [0.15, 0.2) is 5.96 Å². The van der Waals surface area contributed by atoms with Gasteiger partial charge in [-0.05, 0) is 44.7 Å². The maximum absolute atomic E-state index is 12.5. The lowest BCUT2D eigenvalue weighted by atomic mass is 9.97. The number of piperazine rings is 1. The number of carbonyl (C=O) groups excluding carboxylic acids is 1. The van der Waals surface area contributed by atoms with Crippen molar-refractivity contribution in [2.24, 2.45) is 10.9 Å². The van der Waals surface area contributed by atoms with Gasteiger partial charge in [0, 0.05) is 60.0 Å². The summed E-state index contributed by atoms with van der Waals surface area (Å²) in [6.07, 6.45) is 4.10. The number of amides is 1. The van der Waals surface area contributed by atoms with Gasteiger partial charge in [-0.1, -0.05) is 0 Å². The Kier molecular flexibility index (Phi) is 11.0. The van der Waals surface area contributed by atoms with Crippen LogP contribution in [0.15, 0.2) is 4.99 Å². The molecular formula is C20H38IN5O3. The highest BCUT2D eigenvalue weighted by atomic mass is 127. The SMILES string of the molecule is CN=C(NCC1CCN(CCOC)CC1)N1CCN(C(=O)C2CCCO2)CC1.I. The van der Waals surface area contributed by atoms with Gasteiger partial charge in [0.1, 0.15) is 6.10 Å². The molecule has 1 N–H and O–H groups in total. The number of hydrogen-bond acceptors (Lipinski definition) is 5. The van der Waals surface area contributed by atoms with Crippen molar-refractivity contribution in [2.45, 2.75) is 31.8 Å². The molecule has 0 aromatic carbocycles. The molecule has 3 fully saturated rings.